The van der Waals surface area contributed by atoms with Gasteiger partial charge < -0.3 is 18.9 Å². The van der Waals surface area contributed by atoms with E-state index >= 15 is 0 Å². The van der Waals surface area contributed by atoms with E-state index < -0.39 is 0 Å². The zero-order valence-electron chi connectivity index (χ0n) is 23.4. The lowest BCUT2D eigenvalue weighted by molar-refractivity contribution is -0.147. The minimum atomic E-state index is -0.385. The highest BCUT2D eigenvalue weighted by Gasteiger charge is 2.19. The van der Waals surface area contributed by atoms with Gasteiger partial charge in [-0.25, -0.2) is 9.59 Å². The van der Waals surface area contributed by atoms with Gasteiger partial charge in [0.25, 0.3) is 0 Å². The third kappa shape index (κ3) is 8.11. The van der Waals surface area contributed by atoms with Crippen LogP contribution >= 0.6 is 0 Å². The molecule has 6 heteroatoms. The molecule has 0 aliphatic heterocycles. The fourth-order valence-corrected chi connectivity index (χ4v) is 4.45. The van der Waals surface area contributed by atoms with Gasteiger partial charge in [0.2, 0.25) is 0 Å². The van der Waals surface area contributed by atoms with E-state index in [0.717, 1.165) is 84.0 Å². The van der Waals surface area contributed by atoms with Crippen LogP contribution in [0.5, 0.6) is 11.5 Å². The van der Waals surface area contributed by atoms with E-state index in [4.69, 9.17) is 18.9 Å². The molecule has 0 saturated carbocycles. The topological polar surface area (TPSA) is 71.1 Å². The normalized spacial score (nSPS) is 11.1. The average Bonchev–Trinajstić information content (AvgIpc) is 2.91. The maximum Gasteiger partial charge on any atom is 0.344 e. The summed E-state index contributed by atoms with van der Waals surface area (Å²) in [5, 5.41) is 3.26. The molecule has 0 saturated heterocycles. The van der Waals surface area contributed by atoms with E-state index in [-0.39, 0.29) is 25.2 Å². The van der Waals surface area contributed by atoms with Crippen molar-refractivity contribution in [2.75, 3.05) is 26.4 Å². The summed E-state index contributed by atoms with van der Waals surface area (Å²) in [4.78, 5) is 24.8. The molecular weight excluding hydrogens is 480 g/mol. The summed E-state index contributed by atoms with van der Waals surface area (Å²) in [5.74, 6) is 0.439. The molecule has 0 unspecified atom stereocenters. The molecule has 0 fully saturated rings. The van der Waals surface area contributed by atoms with Crippen LogP contribution in [-0.4, -0.2) is 38.4 Å². The molecule has 0 aliphatic carbocycles. The van der Waals surface area contributed by atoms with E-state index in [0.29, 0.717) is 24.7 Å². The lowest BCUT2D eigenvalue weighted by Crippen LogP contribution is -2.17. The molecule has 38 heavy (non-hydrogen) atoms. The highest BCUT2D eigenvalue weighted by Crippen LogP contribution is 2.43. The molecule has 6 nitrogen and oxygen atoms in total. The van der Waals surface area contributed by atoms with Crippen LogP contribution < -0.4 is 9.47 Å². The van der Waals surface area contributed by atoms with Gasteiger partial charge in [-0.3, -0.25) is 0 Å². The number of unbranched alkanes of at least 4 members (excludes halogenated alkanes) is 6. The summed E-state index contributed by atoms with van der Waals surface area (Å²) in [6.45, 7) is 8.83. The van der Waals surface area contributed by atoms with Crippen molar-refractivity contribution in [2.45, 2.75) is 79.1 Å². The van der Waals surface area contributed by atoms with Crippen LogP contribution in [0.15, 0.2) is 36.4 Å². The van der Waals surface area contributed by atoms with E-state index in [1.807, 2.05) is 50.2 Å². The zero-order valence-corrected chi connectivity index (χ0v) is 23.4. The van der Waals surface area contributed by atoms with Crippen LogP contribution in [0.25, 0.3) is 21.5 Å². The Hall–Kier alpha value is -3.28. The largest absolute Gasteiger partial charge is 0.481 e. The summed E-state index contributed by atoms with van der Waals surface area (Å²) in [5.41, 5.74) is 2.18. The maximum absolute atomic E-state index is 12.4. The van der Waals surface area contributed by atoms with Crippen LogP contribution in [0.1, 0.15) is 76.3 Å². The van der Waals surface area contributed by atoms with Crippen LogP contribution in [0, 0.1) is 13.8 Å². The molecule has 0 aromatic heterocycles. The van der Waals surface area contributed by atoms with Crippen molar-refractivity contribution in [1.82, 2.24) is 0 Å². The predicted octanol–water partition coefficient (Wildman–Crippen LogP) is 7.61. The quantitative estimate of drug-likeness (QED) is 0.109. The monoisotopic (exact) mass is 522 g/mol. The van der Waals surface area contributed by atoms with Gasteiger partial charge in [0.15, 0.2) is 13.2 Å². The first-order chi connectivity index (χ1) is 18.5. The zero-order chi connectivity index (χ0) is 27.3. The summed E-state index contributed by atoms with van der Waals surface area (Å²) in [7, 11) is 0. The van der Waals surface area contributed by atoms with E-state index in [2.05, 4.69) is 13.8 Å². The first kappa shape index (κ1) is 29.3. The molecule has 206 valence electrons. The number of fused-ring (bicyclic) bond motifs is 2. The number of carbonyl (C=O) groups excluding carboxylic acids is 2. The number of ether oxygens (including phenoxy) is 4. The summed E-state index contributed by atoms with van der Waals surface area (Å²) in [6, 6.07) is 11.8. The van der Waals surface area contributed by atoms with E-state index in [1.54, 1.807) is 0 Å². The Balaban J connectivity index is 1.83. The van der Waals surface area contributed by atoms with E-state index in [9.17, 15) is 9.59 Å². The predicted molar refractivity (Wildman–Crippen MR) is 152 cm³/mol. The van der Waals surface area contributed by atoms with Crippen molar-refractivity contribution in [2.24, 2.45) is 0 Å². The van der Waals surface area contributed by atoms with Gasteiger partial charge in [-0.15, -0.1) is 0 Å². The Kier molecular flexibility index (Phi) is 11.7. The molecule has 0 bridgehead atoms. The number of esters is 2. The van der Waals surface area contributed by atoms with Gasteiger partial charge >= 0.3 is 11.9 Å². The Labute approximate surface area is 226 Å². The molecule has 0 amide bonds. The van der Waals surface area contributed by atoms with Crippen LogP contribution in [-0.2, 0) is 19.1 Å². The lowest BCUT2D eigenvalue weighted by atomic mass is 9.96. The fraction of sp³-hybridized carbons (Fsp3) is 0.500. The molecule has 3 rings (SSSR count). The van der Waals surface area contributed by atoms with Crippen LogP contribution in [0.3, 0.4) is 0 Å². The van der Waals surface area contributed by atoms with E-state index in [1.165, 1.54) is 0 Å². The van der Waals surface area contributed by atoms with Crippen molar-refractivity contribution >= 4 is 33.5 Å². The molecule has 0 radical (unpaired) electrons. The van der Waals surface area contributed by atoms with Gasteiger partial charge in [0.1, 0.15) is 11.5 Å². The highest BCUT2D eigenvalue weighted by atomic mass is 16.6. The second kappa shape index (κ2) is 15.2. The lowest BCUT2D eigenvalue weighted by Gasteiger charge is -2.18. The van der Waals surface area contributed by atoms with Crippen LogP contribution in [0.2, 0.25) is 0 Å². The molecule has 0 N–H and O–H groups in total. The summed E-state index contributed by atoms with van der Waals surface area (Å²) >= 11 is 0. The Bertz CT molecular complexity index is 1120. The van der Waals surface area contributed by atoms with Crippen molar-refractivity contribution in [3.8, 4) is 11.5 Å². The third-order valence-electron chi connectivity index (χ3n) is 6.73. The number of hydrogen-bond acceptors (Lipinski definition) is 6. The van der Waals surface area contributed by atoms with Crippen molar-refractivity contribution in [1.29, 1.82) is 0 Å². The maximum atomic E-state index is 12.4. The standard InChI is InChI=1S/C32H42O6/c1-5-7-9-13-17-35-29(33)21-37-31-25-15-11-12-16-26(25)32(28-20-24(4)23(3)19-27(28)31)38-22-30(34)36-18-14-10-8-6-2/h11-12,15-16,19-20H,5-10,13-14,17-18,21-22H2,1-4H3. The highest BCUT2D eigenvalue weighted by molar-refractivity contribution is 6.11. The smallest absolute Gasteiger partial charge is 0.344 e. The Morgan fingerprint density at radius 2 is 1.03 bits per heavy atom. The third-order valence-corrected chi connectivity index (χ3v) is 6.73. The van der Waals surface area contributed by atoms with Crippen molar-refractivity contribution < 1.29 is 28.5 Å². The Morgan fingerprint density at radius 1 is 0.605 bits per heavy atom. The average molecular weight is 523 g/mol. The fourth-order valence-electron chi connectivity index (χ4n) is 4.45. The summed E-state index contributed by atoms with van der Waals surface area (Å²) in [6.07, 6.45) is 8.35. The van der Waals surface area contributed by atoms with Gasteiger partial charge in [-0.2, -0.15) is 0 Å². The number of rotatable bonds is 16. The first-order valence-electron chi connectivity index (χ1n) is 14.0. The van der Waals surface area contributed by atoms with Gasteiger partial charge in [0, 0.05) is 21.5 Å². The molecule has 3 aromatic rings. The second-order valence-corrected chi connectivity index (χ2v) is 9.83. The van der Waals surface area contributed by atoms with Crippen molar-refractivity contribution in [3.63, 3.8) is 0 Å². The molecular formula is C32H42O6. The van der Waals surface area contributed by atoms with Crippen LogP contribution in [0.4, 0.5) is 0 Å². The number of aryl methyl sites for hydroxylation is 2. The number of carbonyl (C=O) groups is 2. The molecule has 0 spiro atoms. The molecule has 3 aromatic carbocycles. The SMILES string of the molecule is CCCCCCOC(=O)COc1c2ccccc2c(OCC(=O)OCCCCCC)c2cc(C)c(C)cc12. The molecule has 0 heterocycles. The molecule has 0 atom stereocenters. The minimum Gasteiger partial charge on any atom is -0.481 e. The minimum absolute atomic E-state index is 0.176. The van der Waals surface area contributed by atoms with Gasteiger partial charge in [0.05, 0.1) is 13.2 Å². The number of hydrogen-bond donors (Lipinski definition) is 0. The van der Waals surface area contributed by atoms with Crippen molar-refractivity contribution in [3.05, 3.63) is 47.5 Å². The number of benzene rings is 3. The second-order valence-electron chi connectivity index (χ2n) is 9.83. The first-order valence-corrected chi connectivity index (χ1v) is 14.0. The summed E-state index contributed by atoms with van der Waals surface area (Å²) < 4.78 is 23.0. The molecule has 0 aliphatic rings. The Morgan fingerprint density at radius 3 is 1.42 bits per heavy atom. The van der Waals surface area contributed by atoms with Gasteiger partial charge in [-0.1, -0.05) is 76.6 Å². The van der Waals surface area contributed by atoms with Gasteiger partial charge in [-0.05, 0) is 49.9 Å².